The van der Waals surface area contributed by atoms with Crippen LogP contribution in [0.3, 0.4) is 0 Å². The van der Waals surface area contributed by atoms with Crippen LogP contribution in [-0.2, 0) is 0 Å². The van der Waals surface area contributed by atoms with Crippen molar-refractivity contribution in [2.24, 2.45) is 0 Å². The molecule has 0 fully saturated rings. The number of rotatable bonds is 6. The van der Waals surface area contributed by atoms with Crippen LogP contribution in [0.15, 0.2) is 60.0 Å². The van der Waals surface area contributed by atoms with Crippen LogP contribution in [-0.4, -0.2) is 24.8 Å². The topological polar surface area (TPSA) is 41.5 Å². The molecular weight excluding hydrogens is 294 g/mol. The van der Waals surface area contributed by atoms with E-state index in [1.807, 2.05) is 49.5 Å². The Kier molecular flexibility index (Phi) is 4.73. The predicted octanol–water partition coefficient (Wildman–Crippen LogP) is 3.60. The molecule has 4 heteroatoms. The number of nitrogens with one attached hydrogen (secondary N) is 1. The van der Waals surface area contributed by atoms with E-state index >= 15 is 0 Å². The number of hydrogen-bond acceptors (Lipinski definition) is 4. The smallest absolute Gasteiger partial charge is 0.151 e. The molecule has 0 aliphatic carbocycles. The number of aliphatic hydroxyl groups excluding tert-OH is 1. The van der Waals surface area contributed by atoms with E-state index in [0.29, 0.717) is 6.54 Å². The Morgan fingerprint density at radius 2 is 1.91 bits per heavy atom. The van der Waals surface area contributed by atoms with Crippen LogP contribution in [0.25, 0.3) is 10.1 Å². The lowest BCUT2D eigenvalue weighted by Gasteiger charge is -2.25. The highest BCUT2D eigenvalue weighted by atomic mass is 32.1. The van der Waals surface area contributed by atoms with Crippen LogP contribution < -0.4 is 10.1 Å². The fourth-order valence-corrected chi connectivity index (χ4v) is 3.34. The maximum absolute atomic E-state index is 10.5. The number of fused-ring (bicyclic) bond motifs is 1. The lowest BCUT2D eigenvalue weighted by atomic mass is 10.0. The number of benzene rings is 2. The fraction of sp³-hybridized carbons (Fsp3) is 0.222. The van der Waals surface area contributed by atoms with Gasteiger partial charge in [-0.05, 0) is 36.2 Å². The predicted molar refractivity (Wildman–Crippen MR) is 91.6 cm³/mol. The summed E-state index contributed by atoms with van der Waals surface area (Å²) < 4.78 is 7.39. The van der Waals surface area contributed by atoms with Gasteiger partial charge in [-0.15, -0.1) is 11.3 Å². The Balaban J connectivity index is 1.94. The molecule has 1 aromatic heterocycles. The summed E-state index contributed by atoms with van der Waals surface area (Å²) in [7, 11) is 1.82. The number of ether oxygens (including phenoxy) is 1. The molecule has 2 N–H and O–H groups in total. The molecule has 0 aliphatic rings. The van der Waals surface area contributed by atoms with Crippen molar-refractivity contribution in [2.75, 3.05) is 13.6 Å². The maximum atomic E-state index is 10.5. The molecule has 114 valence electrons. The number of aliphatic hydroxyl groups is 1. The molecule has 3 aromatic rings. The Hall–Kier alpha value is -1.88. The van der Waals surface area contributed by atoms with Crippen LogP contribution in [0.5, 0.6) is 5.75 Å². The van der Waals surface area contributed by atoms with Gasteiger partial charge in [-0.1, -0.05) is 36.4 Å². The van der Waals surface area contributed by atoms with Crippen molar-refractivity contribution in [2.45, 2.75) is 12.2 Å². The summed E-state index contributed by atoms with van der Waals surface area (Å²) in [5.74, 6) is 0.808. The van der Waals surface area contributed by atoms with E-state index in [-0.39, 0.29) is 0 Å². The average molecular weight is 313 g/mol. The molecule has 1 heterocycles. The van der Waals surface area contributed by atoms with Crippen LogP contribution in [0.1, 0.15) is 11.7 Å². The first-order valence-corrected chi connectivity index (χ1v) is 8.18. The quantitative estimate of drug-likeness (QED) is 0.730. The standard InChI is InChI=1S/C18H19NO2S/c1-19-12-15(20)18(13-6-3-2-4-7-13)21-16-8-5-9-17-14(16)10-11-22-17/h2-11,15,18-20H,12H2,1H3/t15-,18+/m1/s1. The Morgan fingerprint density at radius 1 is 1.09 bits per heavy atom. The minimum atomic E-state index is -0.624. The number of hydrogen-bond donors (Lipinski definition) is 2. The van der Waals surface area contributed by atoms with Gasteiger partial charge in [-0.25, -0.2) is 0 Å². The molecule has 2 atom stereocenters. The minimum absolute atomic E-state index is 0.404. The molecule has 0 unspecified atom stereocenters. The summed E-state index contributed by atoms with van der Waals surface area (Å²) in [6.45, 7) is 0.471. The average Bonchev–Trinajstić information content (AvgIpc) is 3.03. The van der Waals surface area contributed by atoms with Gasteiger partial charge in [-0.3, -0.25) is 0 Å². The SMILES string of the molecule is CNC[C@@H](O)[C@@H](Oc1cccc2sccc12)c1ccccc1. The van der Waals surface area contributed by atoms with E-state index in [1.54, 1.807) is 11.3 Å². The largest absolute Gasteiger partial charge is 0.482 e. The van der Waals surface area contributed by atoms with E-state index in [1.165, 1.54) is 4.70 Å². The van der Waals surface area contributed by atoms with Crippen molar-refractivity contribution in [3.8, 4) is 5.75 Å². The Labute approximate surface area is 134 Å². The van der Waals surface area contributed by atoms with Crippen molar-refractivity contribution in [3.63, 3.8) is 0 Å². The molecule has 0 amide bonds. The molecule has 0 aliphatic heterocycles. The molecule has 0 saturated carbocycles. The van der Waals surface area contributed by atoms with Gasteiger partial charge in [-0.2, -0.15) is 0 Å². The van der Waals surface area contributed by atoms with Gasteiger partial charge in [0.2, 0.25) is 0 Å². The molecule has 22 heavy (non-hydrogen) atoms. The Morgan fingerprint density at radius 3 is 2.68 bits per heavy atom. The molecule has 2 aromatic carbocycles. The van der Waals surface area contributed by atoms with E-state index in [4.69, 9.17) is 4.74 Å². The van der Waals surface area contributed by atoms with Crippen molar-refractivity contribution in [1.82, 2.24) is 5.32 Å². The first-order chi connectivity index (χ1) is 10.8. The molecule has 0 saturated heterocycles. The molecule has 3 nitrogen and oxygen atoms in total. The third-order valence-electron chi connectivity index (χ3n) is 3.60. The zero-order valence-electron chi connectivity index (χ0n) is 12.4. The second-order valence-corrected chi connectivity index (χ2v) is 6.11. The summed E-state index contributed by atoms with van der Waals surface area (Å²) in [6, 6.07) is 17.9. The summed E-state index contributed by atoms with van der Waals surface area (Å²) >= 11 is 1.69. The first kappa shape index (κ1) is 15.0. The maximum Gasteiger partial charge on any atom is 0.151 e. The first-order valence-electron chi connectivity index (χ1n) is 7.30. The van der Waals surface area contributed by atoms with Gasteiger partial charge >= 0.3 is 0 Å². The monoisotopic (exact) mass is 313 g/mol. The zero-order valence-corrected chi connectivity index (χ0v) is 13.2. The summed E-state index contributed by atoms with van der Waals surface area (Å²) in [4.78, 5) is 0. The molecule has 0 spiro atoms. The van der Waals surface area contributed by atoms with Crippen molar-refractivity contribution in [3.05, 3.63) is 65.5 Å². The summed E-state index contributed by atoms with van der Waals surface area (Å²) in [5.41, 5.74) is 0.970. The Bertz CT molecular complexity index is 726. The molecule has 0 bridgehead atoms. The van der Waals surface area contributed by atoms with Crippen LogP contribution >= 0.6 is 11.3 Å². The highest BCUT2D eigenvalue weighted by molar-refractivity contribution is 7.17. The normalized spacial score (nSPS) is 13.9. The molecular formula is C18H19NO2S. The van der Waals surface area contributed by atoms with E-state index in [2.05, 4.69) is 22.8 Å². The van der Waals surface area contributed by atoms with Gasteiger partial charge in [0.25, 0.3) is 0 Å². The molecule has 3 rings (SSSR count). The van der Waals surface area contributed by atoms with E-state index in [0.717, 1.165) is 16.7 Å². The summed E-state index contributed by atoms with van der Waals surface area (Å²) in [6.07, 6.45) is -1.03. The van der Waals surface area contributed by atoms with Gasteiger partial charge in [0, 0.05) is 16.6 Å². The van der Waals surface area contributed by atoms with Gasteiger partial charge in [0.05, 0.1) is 0 Å². The van der Waals surface area contributed by atoms with Crippen molar-refractivity contribution in [1.29, 1.82) is 0 Å². The highest BCUT2D eigenvalue weighted by Gasteiger charge is 2.23. The minimum Gasteiger partial charge on any atom is -0.482 e. The van der Waals surface area contributed by atoms with Crippen LogP contribution in [0, 0.1) is 0 Å². The van der Waals surface area contributed by atoms with E-state index < -0.39 is 12.2 Å². The highest BCUT2D eigenvalue weighted by Crippen LogP contribution is 2.33. The third-order valence-corrected chi connectivity index (χ3v) is 4.48. The summed E-state index contributed by atoms with van der Waals surface area (Å²) in [5, 5.41) is 16.6. The fourth-order valence-electron chi connectivity index (χ4n) is 2.53. The second-order valence-electron chi connectivity index (χ2n) is 5.16. The van der Waals surface area contributed by atoms with E-state index in [9.17, 15) is 5.11 Å². The lowest BCUT2D eigenvalue weighted by Crippen LogP contribution is -2.32. The number of thiophene rings is 1. The zero-order chi connectivity index (χ0) is 15.4. The van der Waals surface area contributed by atoms with Gasteiger partial charge in [0.15, 0.2) is 6.10 Å². The third kappa shape index (κ3) is 3.14. The second kappa shape index (κ2) is 6.92. The molecule has 0 radical (unpaired) electrons. The van der Waals surface area contributed by atoms with Crippen LogP contribution in [0.4, 0.5) is 0 Å². The van der Waals surface area contributed by atoms with Gasteiger partial charge < -0.3 is 15.2 Å². The lowest BCUT2D eigenvalue weighted by molar-refractivity contribution is 0.0379. The van der Waals surface area contributed by atoms with Crippen LogP contribution in [0.2, 0.25) is 0 Å². The van der Waals surface area contributed by atoms with Gasteiger partial charge in [0.1, 0.15) is 11.9 Å². The van der Waals surface area contributed by atoms with Crippen molar-refractivity contribution >= 4 is 21.4 Å². The van der Waals surface area contributed by atoms with Crippen molar-refractivity contribution < 1.29 is 9.84 Å². The number of likely N-dealkylation sites (N-methyl/N-ethyl adjacent to an activating group) is 1.